The molecule has 1 amide bonds. The molecule has 1 aliphatic heterocycles. The number of carbonyl (C=O) groups is 1. The van der Waals surface area contributed by atoms with Crippen molar-refractivity contribution in [2.24, 2.45) is 5.73 Å². The Balaban J connectivity index is 2.23. The molecule has 0 radical (unpaired) electrons. The second kappa shape index (κ2) is 3.09. The number of rotatable bonds is 2. The highest BCUT2D eigenvalue weighted by molar-refractivity contribution is 5.76. The van der Waals surface area contributed by atoms with Crippen LogP contribution >= 0.6 is 0 Å². The van der Waals surface area contributed by atoms with Crippen LogP contribution in [0.3, 0.4) is 0 Å². The number of primary amides is 1. The Morgan fingerprint density at radius 1 is 1.54 bits per heavy atom. The zero-order valence-electron chi connectivity index (χ0n) is 7.29. The summed E-state index contributed by atoms with van der Waals surface area (Å²) in [7, 11) is 0. The van der Waals surface area contributed by atoms with Crippen molar-refractivity contribution < 1.29 is 4.79 Å². The topological polar surface area (TPSA) is 55.1 Å². The molecule has 1 aromatic rings. The molecule has 1 aliphatic rings. The quantitative estimate of drug-likeness (QED) is 0.708. The first kappa shape index (κ1) is 8.10. The molecule has 0 aromatic heterocycles. The summed E-state index contributed by atoms with van der Waals surface area (Å²) in [6.45, 7) is 0.822. The SMILES string of the molecule is NC(=O)C[C@H]1CNc2ccccc21. The van der Waals surface area contributed by atoms with Gasteiger partial charge in [0.25, 0.3) is 0 Å². The van der Waals surface area contributed by atoms with Crippen LogP contribution in [0.5, 0.6) is 0 Å². The van der Waals surface area contributed by atoms with Gasteiger partial charge in [-0.05, 0) is 11.6 Å². The number of amides is 1. The van der Waals surface area contributed by atoms with Crippen molar-refractivity contribution in [3.63, 3.8) is 0 Å². The van der Waals surface area contributed by atoms with Gasteiger partial charge in [0.2, 0.25) is 5.91 Å². The second-order valence-electron chi connectivity index (χ2n) is 3.34. The molecule has 2 rings (SSSR count). The molecule has 0 unspecified atom stereocenters. The predicted molar refractivity (Wildman–Crippen MR) is 51.5 cm³/mol. The molecule has 0 bridgehead atoms. The molecular weight excluding hydrogens is 164 g/mol. The number of carbonyl (C=O) groups excluding carboxylic acids is 1. The van der Waals surface area contributed by atoms with Crippen molar-refractivity contribution in [1.29, 1.82) is 0 Å². The average molecular weight is 176 g/mol. The van der Waals surface area contributed by atoms with Gasteiger partial charge in [0.15, 0.2) is 0 Å². The fourth-order valence-corrected chi connectivity index (χ4v) is 1.78. The molecule has 0 aliphatic carbocycles. The number of anilines is 1. The van der Waals surface area contributed by atoms with Crippen LogP contribution in [-0.2, 0) is 4.79 Å². The number of nitrogens with one attached hydrogen (secondary N) is 1. The van der Waals surface area contributed by atoms with E-state index in [9.17, 15) is 4.79 Å². The van der Waals surface area contributed by atoms with E-state index in [1.54, 1.807) is 0 Å². The van der Waals surface area contributed by atoms with Gasteiger partial charge in [-0.2, -0.15) is 0 Å². The molecule has 3 nitrogen and oxygen atoms in total. The van der Waals surface area contributed by atoms with E-state index < -0.39 is 0 Å². The highest BCUT2D eigenvalue weighted by Gasteiger charge is 2.22. The minimum atomic E-state index is -0.233. The lowest BCUT2D eigenvalue weighted by molar-refractivity contribution is -0.118. The van der Waals surface area contributed by atoms with Gasteiger partial charge in [0.05, 0.1) is 0 Å². The first-order valence-electron chi connectivity index (χ1n) is 4.38. The molecule has 1 aromatic carbocycles. The highest BCUT2D eigenvalue weighted by atomic mass is 16.1. The molecule has 0 saturated carbocycles. The Morgan fingerprint density at radius 2 is 2.31 bits per heavy atom. The number of nitrogens with two attached hydrogens (primary N) is 1. The molecular formula is C10H12N2O. The van der Waals surface area contributed by atoms with Gasteiger partial charge >= 0.3 is 0 Å². The lowest BCUT2D eigenvalue weighted by atomic mass is 9.98. The molecule has 1 heterocycles. The Morgan fingerprint density at radius 3 is 3.08 bits per heavy atom. The Kier molecular flexibility index (Phi) is 1.93. The van der Waals surface area contributed by atoms with Gasteiger partial charge in [-0.3, -0.25) is 4.79 Å². The van der Waals surface area contributed by atoms with Crippen LogP contribution in [0, 0.1) is 0 Å². The molecule has 13 heavy (non-hydrogen) atoms. The number of para-hydroxylation sites is 1. The maximum Gasteiger partial charge on any atom is 0.218 e. The van der Waals surface area contributed by atoms with Crippen molar-refractivity contribution in [1.82, 2.24) is 0 Å². The summed E-state index contributed by atoms with van der Waals surface area (Å²) in [6.07, 6.45) is 0.435. The second-order valence-corrected chi connectivity index (χ2v) is 3.34. The highest BCUT2D eigenvalue weighted by Crippen LogP contribution is 2.32. The smallest absolute Gasteiger partial charge is 0.218 e. The van der Waals surface area contributed by atoms with Gasteiger partial charge in [-0.25, -0.2) is 0 Å². The van der Waals surface area contributed by atoms with Crippen LogP contribution in [0.1, 0.15) is 17.9 Å². The van der Waals surface area contributed by atoms with Gasteiger partial charge in [-0.1, -0.05) is 18.2 Å². The lowest BCUT2D eigenvalue weighted by Crippen LogP contribution is -2.16. The maximum atomic E-state index is 10.8. The van der Waals surface area contributed by atoms with Crippen molar-refractivity contribution in [3.05, 3.63) is 29.8 Å². The molecule has 1 atom stereocenters. The van der Waals surface area contributed by atoms with Crippen molar-refractivity contribution in [2.75, 3.05) is 11.9 Å². The van der Waals surface area contributed by atoms with Crippen LogP contribution in [0.4, 0.5) is 5.69 Å². The third kappa shape index (κ3) is 1.49. The standard InChI is InChI=1S/C10H12N2O/c11-10(13)5-7-6-12-9-4-2-1-3-8(7)9/h1-4,7,12H,5-6H2,(H2,11,13)/t7-/m0/s1. The van der Waals surface area contributed by atoms with Crippen LogP contribution in [0.15, 0.2) is 24.3 Å². The third-order valence-electron chi connectivity index (χ3n) is 2.39. The molecule has 3 heteroatoms. The number of hydrogen-bond acceptors (Lipinski definition) is 2. The van der Waals surface area contributed by atoms with E-state index in [4.69, 9.17) is 5.73 Å². The predicted octanol–water partition coefficient (Wildman–Crippen LogP) is 1.07. The fraction of sp³-hybridized carbons (Fsp3) is 0.300. The van der Waals surface area contributed by atoms with E-state index in [-0.39, 0.29) is 11.8 Å². The minimum absolute atomic E-state index is 0.233. The zero-order chi connectivity index (χ0) is 9.26. The van der Waals surface area contributed by atoms with Crippen molar-refractivity contribution >= 4 is 11.6 Å². The van der Waals surface area contributed by atoms with Gasteiger partial charge in [-0.15, -0.1) is 0 Å². The molecule has 0 fully saturated rings. The van der Waals surface area contributed by atoms with Gasteiger partial charge in [0.1, 0.15) is 0 Å². The van der Waals surface area contributed by atoms with Crippen LogP contribution in [0.2, 0.25) is 0 Å². The number of benzene rings is 1. The number of fused-ring (bicyclic) bond motifs is 1. The minimum Gasteiger partial charge on any atom is -0.384 e. The van der Waals surface area contributed by atoms with Gasteiger partial charge in [0, 0.05) is 24.6 Å². The maximum absolute atomic E-state index is 10.8. The third-order valence-corrected chi connectivity index (χ3v) is 2.39. The van der Waals surface area contributed by atoms with Crippen LogP contribution in [0.25, 0.3) is 0 Å². The van der Waals surface area contributed by atoms with Crippen LogP contribution < -0.4 is 11.1 Å². The summed E-state index contributed by atoms with van der Waals surface area (Å²) in [5.74, 6) is 0.0252. The van der Waals surface area contributed by atoms with Crippen molar-refractivity contribution in [3.8, 4) is 0 Å². The molecule has 68 valence electrons. The molecule has 0 saturated heterocycles. The zero-order valence-corrected chi connectivity index (χ0v) is 7.29. The summed E-state index contributed by atoms with van der Waals surface area (Å²) in [6, 6.07) is 8.04. The van der Waals surface area contributed by atoms with Crippen molar-refractivity contribution in [2.45, 2.75) is 12.3 Å². The monoisotopic (exact) mass is 176 g/mol. The van der Waals surface area contributed by atoms with Crippen LogP contribution in [-0.4, -0.2) is 12.5 Å². The Labute approximate surface area is 76.9 Å². The first-order chi connectivity index (χ1) is 6.27. The summed E-state index contributed by atoms with van der Waals surface area (Å²) >= 11 is 0. The molecule has 0 spiro atoms. The lowest BCUT2D eigenvalue weighted by Gasteiger charge is -2.05. The van der Waals surface area contributed by atoms with E-state index in [2.05, 4.69) is 5.32 Å². The Hall–Kier alpha value is -1.51. The summed E-state index contributed by atoms with van der Waals surface area (Å²) in [5, 5.41) is 3.25. The molecule has 3 N–H and O–H groups in total. The first-order valence-corrected chi connectivity index (χ1v) is 4.38. The normalized spacial score (nSPS) is 19.2. The van der Waals surface area contributed by atoms with E-state index in [1.807, 2.05) is 24.3 Å². The van der Waals surface area contributed by atoms with E-state index in [1.165, 1.54) is 5.56 Å². The van der Waals surface area contributed by atoms with E-state index >= 15 is 0 Å². The Bertz CT molecular complexity index is 335. The number of hydrogen-bond donors (Lipinski definition) is 2. The largest absolute Gasteiger partial charge is 0.384 e. The van der Waals surface area contributed by atoms with E-state index in [0.29, 0.717) is 6.42 Å². The summed E-state index contributed by atoms with van der Waals surface area (Å²) in [5.41, 5.74) is 7.51. The fourth-order valence-electron chi connectivity index (χ4n) is 1.78. The van der Waals surface area contributed by atoms with Gasteiger partial charge < -0.3 is 11.1 Å². The van der Waals surface area contributed by atoms with E-state index in [0.717, 1.165) is 12.2 Å². The summed E-state index contributed by atoms with van der Waals surface area (Å²) < 4.78 is 0. The summed E-state index contributed by atoms with van der Waals surface area (Å²) in [4.78, 5) is 10.8. The average Bonchev–Trinajstić information content (AvgIpc) is 2.48.